The summed E-state index contributed by atoms with van der Waals surface area (Å²) in [4.78, 5) is 3.89. The first-order valence-corrected chi connectivity index (χ1v) is 7.30. The van der Waals surface area contributed by atoms with Crippen molar-refractivity contribution in [2.75, 3.05) is 20.1 Å². The molecule has 0 aliphatic carbocycles. The summed E-state index contributed by atoms with van der Waals surface area (Å²) in [5.41, 5.74) is 1.71. The van der Waals surface area contributed by atoms with Crippen LogP contribution in [0.4, 0.5) is 0 Å². The average molecular weight is 254 g/mol. The quantitative estimate of drug-likeness (QED) is 0.751. The van der Waals surface area contributed by atoms with Crippen LogP contribution in [0.25, 0.3) is 0 Å². The molecule has 0 fully saturated rings. The predicted octanol–water partition coefficient (Wildman–Crippen LogP) is 3.27. The molecule has 0 spiro atoms. The minimum atomic E-state index is 0.306. The van der Waals surface area contributed by atoms with E-state index >= 15 is 0 Å². The summed E-state index contributed by atoms with van der Waals surface area (Å²) in [6.07, 6.45) is 1.19. The van der Waals surface area contributed by atoms with Crippen molar-refractivity contribution < 1.29 is 0 Å². The molecule has 1 rings (SSSR count). The molecule has 0 saturated heterocycles. The van der Waals surface area contributed by atoms with Crippen LogP contribution in [0.5, 0.6) is 0 Å². The first-order valence-electron chi connectivity index (χ1n) is 6.42. The fourth-order valence-corrected chi connectivity index (χ4v) is 2.48. The number of rotatable bonds is 7. The Labute approximate surface area is 110 Å². The van der Waals surface area contributed by atoms with Gasteiger partial charge in [0.15, 0.2) is 0 Å². The molecule has 3 heteroatoms. The van der Waals surface area contributed by atoms with Crippen molar-refractivity contribution in [2.24, 2.45) is 0 Å². The molecule has 1 heterocycles. The van der Waals surface area contributed by atoms with Crippen molar-refractivity contribution in [2.45, 2.75) is 46.2 Å². The first-order chi connectivity index (χ1) is 7.97. The summed E-state index contributed by atoms with van der Waals surface area (Å²) in [7, 11) is 2.21. The summed E-state index contributed by atoms with van der Waals surface area (Å²) in [6.45, 7) is 12.2. The molecule has 0 atom stereocenters. The normalized spacial score (nSPS) is 12.4. The van der Waals surface area contributed by atoms with E-state index in [1.807, 2.05) is 11.3 Å². The number of nitrogens with zero attached hydrogens (tertiary/aromatic N) is 1. The minimum absolute atomic E-state index is 0.306. The smallest absolute Gasteiger partial charge is 0.0302 e. The van der Waals surface area contributed by atoms with E-state index in [0.717, 1.165) is 19.6 Å². The van der Waals surface area contributed by atoms with Gasteiger partial charge in [-0.15, -0.1) is 11.3 Å². The molecule has 0 unspecified atom stereocenters. The van der Waals surface area contributed by atoms with E-state index in [0.29, 0.717) is 5.54 Å². The molecule has 0 aromatic carbocycles. The highest BCUT2D eigenvalue weighted by atomic mass is 32.1. The molecule has 1 aromatic rings. The van der Waals surface area contributed by atoms with Gasteiger partial charge in [-0.05, 0) is 51.2 Å². The van der Waals surface area contributed by atoms with Crippen molar-refractivity contribution >= 4 is 11.3 Å². The lowest BCUT2D eigenvalue weighted by Gasteiger charge is -2.34. The lowest BCUT2D eigenvalue weighted by molar-refractivity contribution is 0.152. The number of thiophene rings is 1. The summed E-state index contributed by atoms with van der Waals surface area (Å²) in [6, 6.07) is 2.19. The highest BCUT2D eigenvalue weighted by Crippen LogP contribution is 2.16. The minimum Gasteiger partial charge on any atom is -0.311 e. The Bertz CT molecular complexity index is 331. The lowest BCUT2D eigenvalue weighted by Crippen LogP contribution is -2.43. The van der Waals surface area contributed by atoms with Crippen LogP contribution in [0.3, 0.4) is 0 Å². The zero-order valence-electron chi connectivity index (χ0n) is 11.8. The average Bonchev–Trinajstić information content (AvgIpc) is 2.70. The molecule has 0 radical (unpaired) electrons. The molecule has 0 aliphatic heterocycles. The molecule has 0 aliphatic rings. The van der Waals surface area contributed by atoms with Gasteiger partial charge in [-0.25, -0.2) is 0 Å². The van der Waals surface area contributed by atoms with Crippen LogP contribution >= 0.6 is 11.3 Å². The number of hydrogen-bond donors (Lipinski definition) is 1. The largest absolute Gasteiger partial charge is 0.311 e. The zero-order chi connectivity index (χ0) is 12.9. The SMILES string of the molecule is CCC(C)(C)N(C)CCNCc1sccc1C. The van der Waals surface area contributed by atoms with Gasteiger partial charge in [-0.2, -0.15) is 0 Å². The molecule has 0 bridgehead atoms. The molecule has 0 amide bonds. The van der Waals surface area contributed by atoms with Crippen molar-refractivity contribution in [1.82, 2.24) is 10.2 Å². The van der Waals surface area contributed by atoms with Crippen LogP contribution in [0.15, 0.2) is 11.4 Å². The third kappa shape index (κ3) is 4.41. The van der Waals surface area contributed by atoms with Gasteiger partial charge in [0.05, 0.1) is 0 Å². The highest BCUT2D eigenvalue weighted by molar-refractivity contribution is 7.10. The van der Waals surface area contributed by atoms with Gasteiger partial charge in [0.2, 0.25) is 0 Å². The predicted molar refractivity (Wildman–Crippen MR) is 77.8 cm³/mol. The molecule has 2 nitrogen and oxygen atoms in total. The third-order valence-electron chi connectivity index (χ3n) is 3.78. The Morgan fingerprint density at radius 1 is 1.41 bits per heavy atom. The van der Waals surface area contributed by atoms with Gasteiger partial charge in [0.25, 0.3) is 0 Å². The zero-order valence-corrected chi connectivity index (χ0v) is 12.7. The monoisotopic (exact) mass is 254 g/mol. The Hall–Kier alpha value is -0.380. The highest BCUT2D eigenvalue weighted by Gasteiger charge is 2.19. The van der Waals surface area contributed by atoms with Gasteiger partial charge in [0, 0.05) is 30.1 Å². The van der Waals surface area contributed by atoms with Crippen molar-refractivity contribution in [3.8, 4) is 0 Å². The second-order valence-electron chi connectivity index (χ2n) is 5.29. The maximum absolute atomic E-state index is 3.52. The topological polar surface area (TPSA) is 15.3 Å². The van der Waals surface area contributed by atoms with Crippen LogP contribution in [-0.2, 0) is 6.54 Å². The summed E-state index contributed by atoms with van der Waals surface area (Å²) in [5, 5.41) is 5.69. The molecule has 98 valence electrons. The van der Waals surface area contributed by atoms with Crippen LogP contribution in [0.1, 0.15) is 37.6 Å². The van der Waals surface area contributed by atoms with Gasteiger partial charge < -0.3 is 5.32 Å². The lowest BCUT2D eigenvalue weighted by atomic mass is 10.0. The number of nitrogens with one attached hydrogen (secondary N) is 1. The van der Waals surface area contributed by atoms with E-state index in [2.05, 4.69) is 56.4 Å². The standard InChI is InChI=1S/C14H26N2S/c1-6-14(3,4)16(5)9-8-15-11-13-12(2)7-10-17-13/h7,10,15H,6,8-9,11H2,1-5H3. The maximum atomic E-state index is 3.52. The summed E-state index contributed by atoms with van der Waals surface area (Å²) >= 11 is 1.84. The van der Waals surface area contributed by atoms with Crippen molar-refractivity contribution in [1.29, 1.82) is 0 Å². The Kier molecular flexibility index (Phi) is 5.63. The number of likely N-dealkylation sites (N-methyl/N-ethyl adjacent to an activating group) is 1. The van der Waals surface area contributed by atoms with E-state index in [4.69, 9.17) is 0 Å². The summed E-state index contributed by atoms with van der Waals surface area (Å²) in [5.74, 6) is 0. The van der Waals surface area contributed by atoms with Crippen LogP contribution in [0.2, 0.25) is 0 Å². The Morgan fingerprint density at radius 2 is 2.12 bits per heavy atom. The fraction of sp³-hybridized carbons (Fsp3) is 0.714. The van der Waals surface area contributed by atoms with E-state index in [1.165, 1.54) is 16.9 Å². The second-order valence-corrected chi connectivity index (χ2v) is 6.29. The van der Waals surface area contributed by atoms with Gasteiger partial charge in [-0.1, -0.05) is 6.92 Å². The maximum Gasteiger partial charge on any atom is 0.0302 e. The van der Waals surface area contributed by atoms with Crippen molar-refractivity contribution in [3.63, 3.8) is 0 Å². The fourth-order valence-electron chi connectivity index (χ4n) is 1.61. The molecule has 1 aromatic heterocycles. The van der Waals surface area contributed by atoms with E-state index in [9.17, 15) is 0 Å². The molecule has 0 saturated carbocycles. The van der Waals surface area contributed by atoms with Crippen LogP contribution in [0, 0.1) is 6.92 Å². The Morgan fingerprint density at radius 3 is 2.65 bits per heavy atom. The van der Waals surface area contributed by atoms with Gasteiger partial charge in [-0.3, -0.25) is 4.90 Å². The van der Waals surface area contributed by atoms with E-state index in [-0.39, 0.29) is 0 Å². The second kappa shape index (κ2) is 6.53. The van der Waals surface area contributed by atoms with Crippen LogP contribution in [-0.4, -0.2) is 30.6 Å². The van der Waals surface area contributed by atoms with E-state index < -0.39 is 0 Å². The van der Waals surface area contributed by atoms with Gasteiger partial charge in [0.1, 0.15) is 0 Å². The van der Waals surface area contributed by atoms with Crippen LogP contribution < -0.4 is 5.32 Å². The molecule has 17 heavy (non-hydrogen) atoms. The molecular weight excluding hydrogens is 228 g/mol. The first kappa shape index (κ1) is 14.7. The molecular formula is C14H26N2S. The van der Waals surface area contributed by atoms with Gasteiger partial charge >= 0.3 is 0 Å². The summed E-state index contributed by atoms with van der Waals surface area (Å²) < 4.78 is 0. The Balaban J connectivity index is 2.23. The third-order valence-corrected chi connectivity index (χ3v) is 4.80. The number of aryl methyl sites for hydroxylation is 1. The van der Waals surface area contributed by atoms with Crippen molar-refractivity contribution in [3.05, 3.63) is 21.9 Å². The van der Waals surface area contributed by atoms with E-state index in [1.54, 1.807) is 0 Å². The molecule has 1 N–H and O–H groups in total. The number of hydrogen-bond acceptors (Lipinski definition) is 3.